The van der Waals surface area contributed by atoms with Gasteiger partial charge in [0.2, 0.25) is 0 Å². The summed E-state index contributed by atoms with van der Waals surface area (Å²) in [5.74, 6) is 2.55. The first-order valence-electron chi connectivity index (χ1n) is 12.0. The number of hydrogen-bond acceptors (Lipinski definition) is 2. The molecule has 0 amide bonds. The van der Waals surface area contributed by atoms with Gasteiger partial charge in [0.1, 0.15) is 22.7 Å². The monoisotopic (exact) mass is 406 g/mol. The van der Waals surface area contributed by atoms with Crippen LogP contribution in [-0.2, 0) is 0 Å². The third-order valence-electron chi connectivity index (χ3n) is 7.59. The summed E-state index contributed by atoms with van der Waals surface area (Å²) in [5, 5.41) is 0. The average molecular weight is 407 g/mol. The van der Waals surface area contributed by atoms with Gasteiger partial charge in [-0.2, -0.15) is 0 Å². The normalized spacial score (nSPS) is 31.9. The highest BCUT2D eigenvalue weighted by Crippen LogP contribution is 2.74. The summed E-state index contributed by atoms with van der Waals surface area (Å²) in [6.07, 6.45) is 11.6. The molecule has 0 N–H and O–H groups in total. The Bertz CT molecular complexity index is 804. The lowest BCUT2D eigenvalue weighted by molar-refractivity contribution is 0.0915. The van der Waals surface area contributed by atoms with Gasteiger partial charge in [-0.05, 0) is 57.4 Å². The quantitative estimate of drug-likeness (QED) is 0.334. The van der Waals surface area contributed by atoms with Crippen molar-refractivity contribution >= 4 is 0 Å². The Kier molecular flexibility index (Phi) is 6.14. The fourth-order valence-corrected chi connectivity index (χ4v) is 5.68. The van der Waals surface area contributed by atoms with Crippen molar-refractivity contribution in [2.75, 3.05) is 0 Å². The highest BCUT2D eigenvalue weighted by molar-refractivity contribution is 5.33. The first-order valence-corrected chi connectivity index (χ1v) is 12.0. The number of hydrogen-bond donors (Lipinski definition) is 0. The summed E-state index contributed by atoms with van der Waals surface area (Å²) in [6.45, 7) is 6.92. The van der Waals surface area contributed by atoms with Crippen molar-refractivity contribution < 1.29 is 9.47 Å². The molecule has 2 aromatic carbocycles. The van der Waals surface area contributed by atoms with E-state index in [4.69, 9.17) is 9.47 Å². The molecule has 0 aliphatic heterocycles. The molecule has 30 heavy (non-hydrogen) atoms. The van der Waals surface area contributed by atoms with Crippen LogP contribution in [0.15, 0.2) is 60.7 Å². The largest absolute Gasteiger partial charge is 0.487 e. The van der Waals surface area contributed by atoms with E-state index in [9.17, 15) is 0 Å². The van der Waals surface area contributed by atoms with E-state index in [0.29, 0.717) is 5.92 Å². The van der Waals surface area contributed by atoms with Crippen LogP contribution < -0.4 is 9.47 Å². The first-order chi connectivity index (χ1) is 14.5. The molecule has 2 fully saturated rings. The van der Waals surface area contributed by atoms with Crippen LogP contribution in [0, 0.1) is 11.3 Å². The third-order valence-corrected chi connectivity index (χ3v) is 7.59. The summed E-state index contributed by atoms with van der Waals surface area (Å²) in [7, 11) is 0. The zero-order valence-electron chi connectivity index (χ0n) is 19.0. The minimum absolute atomic E-state index is 0.0681. The van der Waals surface area contributed by atoms with Crippen LogP contribution in [-0.4, -0.2) is 11.2 Å². The van der Waals surface area contributed by atoms with Gasteiger partial charge in [-0.15, -0.1) is 0 Å². The highest BCUT2D eigenvalue weighted by atomic mass is 16.5. The Morgan fingerprint density at radius 3 is 1.97 bits per heavy atom. The predicted molar refractivity (Wildman–Crippen MR) is 124 cm³/mol. The molecule has 4 rings (SSSR count). The molecule has 2 saturated carbocycles. The lowest BCUT2D eigenvalue weighted by atomic mass is 9.87. The summed E-state index contributed by atoms with van der Waals surface area (Å²) in [5.41, 5.74) is 0.0821. The lowest BCUT2D eigenvalue weighted by Gasteiger charge is -2.27. The fraction of sp³-hybridized carbons (Fsp3) is 0.571. The minimum atomic E-state index is -0.0831. The van der Waals surface area contributed by atoms with E-state index in [1.54, 1.807) is 0 Å². The zero-order chi connectivity index (χ0) is 21.1. The van der Waals surface area contributed by atoms with Crippen LogP contribution in [0.2, 0.25) is 0 Å². The van der Waals surface area contributed by atoms with E-state index in [1.165, 1.54) is 44.9 Å². The molecule has 0 bridgehead atoms. The van der Waals surface area contributed by atoms with Crippen LogP contribution in [0.3, 0.4) is 0 Å². The van der Waals surface area contributed by atoms with Gasteiger partial charge in [0, 0.05) is 11.3 Å². The van der Waals surface area contributed by atoms with Gasteiger partial charge in [-0.25, -0.2) is 0 Å². The molecule has 0 spiro atoms. The molecule has 2 aromatic rings. The number of rotatable bonds is 12. The standard InChI is InChI=1S/C28H38O2/c1-4-5-6-7-8-15-20-28(22-27(28,3)30-24-18-13-10-14-19-24)25-21-26(25,2)29-23-16-11-9-12-17-23/h9-14,16-19,25H,4-8,15,20-22H2,1-3H3. The van der Waals surface area contributed by atoms with Crippen molar-refractivity contribution in [2.45, 2.75) is 89.8 Å². The second-order valence-electron chi connectivity index (χ2n) is 9.98. The summed E-state index contributed by atoms with van der Waals surface area (Å²) < 4.78 is 13.1. The second kappa shape index (κ2) is 8.65. The van der Waals surface area contributed by atoms with Crippen molar-refractivity contribution in [2.24, 2.45) is 11.3 Å². The molecule has 0 saturated heterocycles. The Morgan fingerprint density at radius 1 is 0.767 bits per heavy atom. The highest BCUT2D eigenvalue weighted by Gasteiger charge is 2.78. The second-order valence-corrected chi connectivity index (χ2v) is 9.98. The van der Waals surface area contributed by atoms with Crippen molar-refractivity contribution in [3.8, 4) is 11.5 Å². The maximum Gasteiger partial charge on any atom is 0.120 e. The Labute approximate surface area is 183 Å². The summed E-state index contributed by atoms with van der Waals surface area (Å²) >= 11 is 0. The van der Waals surface area contributed by atoms with Gasteiger partial charge in [-0.1, -0.05) is 81.8 Å². The Hall–Kier alpha value is -1.96. The summed E-state index contributed by atoms with van der Waals surface area (Å²) in [6, 6.07) is 20.7. The lowest BCUT2D eigenvalue weighted by Crippen LogP contribution is -2.30. The molecule has 2 aliphatic carbocycles. The maximum absolute atomic E-state index is 6.61. The molecule has 2 nitrogen and oxygen atoms in total. The van der Waals surface area contributed by atoms with Gasteiger partial charge in [0.25, 0.3) is 0 Å². The Balaban J connectivity index is 1.44. The van der Waals surface area contributed by atoms with E-state index in [1.807, 2.05) is 6.07 Å². The van der Waals surface area contributed by atoms with Crippen molar-refractivity contribution in [3.63, 3.8) is 0 Å². The van der Waals surface area contributed by atoms with E-state index < -0.39 is 0 Å². The van der Waals surface area contributed by atoms with Crippen LogP contribution >= 0.6 is 0 Å². The first kappa shape index (κ1) is 21.3. The molecule has 0 aromatic heterocycles. The van der Waals surface area contributed by atoms with Gasteiger partial charge in [0.15, 0.2) is 0 Å². The van der Waals surface area contributed by atoms with E-state index >= 15 is 0 Å². The Morgan fingerprint density at radius 2 is 1.33 bits per heavy atom. The van der Waals surface area contributed by atoms with E-state index in [2.05, 4.69) is 75.4 Å². The van der Waals surface area contributed by atoms with Crippen LogP contribution in [0.25, 0.3) is 0 Å². The van der Waals surface area contributed by atoms with E-state index in [-0.39, 0.29) is 16.6 Å². The number of benzene rings is 2. The minimum Gasteiger partial charge on any atom is -0.487 e. The fourth-order valence-electron chi connectivity index (χ4n) is 5.68. The van der Waals surface area contributed by atoms with Crippen molar-refractivity contribution in [1.29, 1.82) is 0 Å². The van der Waals surface area contributed by atoms with Gasteiger partial charge >= 0.3 is 0 Å². The average Bonchev–Trinajstić information content (AvgIpc) is 3.59. The number of unbranched alkanes of at least 4 members (excludes halogenated alkanes) is 5. The van der Waals surface area contributed by atoms with Gasteiger partial charge < -0.3 is 9.47 Å². The van der Waals surface area contributed by atoms with Gasteiger partial charge in [0.05, 0.1) is 0 Å². The predicted octanol–water partition coefficient (Wildman–Crippen LogP) is 7.82. The molecular weight excluding hydrogens is 368 g/mol. The number of ether oxygens (including phenoxy) is 2. The van der Waals surface area contributed by atoms with Crippen LogP contribution in [0.5, 0.6) is 11.5 Å². The molecule has 0 heterocycles. The SMILES string of the molecule is CCCCCCCCC1(C2CC2(C)Oc2ccccc2)CC1(C)Oc1ccccc1. The molecule has 162 valence electrons. The van der Waals surface area contributed by atoms with Gasteiger partial charge in [-0.3, -0.25) is 0 Å². The zero-order valence-corrected chi connectivity index (χ0v) is 19.0. The topological polar surface area (TPSA) is 18.5 Å². The molecule has 4 unspecified atom stereocenters. The number of para-hydroxylation sites is 2. The third kappa shape index (κ3) is 4.38. The molecule has 2 aliphatic rings. The molecule has 0 radical (unpaired) electrons. The molecule has 2 heteroatoms. The summed E-state index contributed by atoms with van der Waals surface area (Å²) in [4.78, 5) is 0. The van der Waals surface area contributed by atoms with E-state index in [0.717, 1.165) is 24.3 Å². The van der Waals surface area contributed by atoms with Crippen LogP contribution in [0.4, 0.5) is 0 Å². The smallest absolute Gasteiger partial charge is 0.120 e. The molecular formula is C28H38O2. The maximum atomic E-state index is 6.61. The van der Waals surface area contributed by atoms with Crippen molar-refractivity contribution in [3.05, 3.63) is 60.7 Å². The van der Waals surface area contributed by atoms with Crippen LogP contribution in [0.1, 0.15) is 78.6 Å². The van der Waals surface area contributed by atoms with Crippen molar-refractivity contribution in [1.82, 2.24) is 0 Å². The molecule has 4 atom stereocenters.